The summed E-state index contributed by atoms with van der Waals surface area (Å²) in [7, 11) is 3.25. The minimum atomic E-state index is -0.286. The summed E-state index contributed by atoms with van der Waals surface area (Å²) in [5.74, 6) is 1.40. The lowest BCUT2D eigenvalue weighted by atomic mass is 10.0. The van der Waals surface area contributed by atoms with Crippen LogP contribution in [-0.4, -0.2) is 31.8 Å². The molecular formula is C20H23NO4. The highest BCUT2D eigenvalue weighted by Crippen LogP contribution is 2.33. The Bertz CT molecular complexity index is 730. The molecule has 0 aromatic heterocycles. The zero-order valence-corrected chi connectivity index (χ0v) is 14.7. The Morgan fingerprint density at radius 3 is 2.40 bits per heavy atom. The fourth-order valence-electron chi connectivity index (χ4n) is 3.05. The van der Waals surface area contributed by atoms with E-state index in [0.29, 0.717) is 18.8 Å². The third kappa shape index (κ3) is 4.05. The van der Waals surface area contributed by atoms with Gasteiger partial charge in [0.2, 0.25) is 0 Å². The normalized spacial score (nSPS) is 13.6. The molecule has 0 saturated carbocycles. The summed E-state index contributed by atoms with van der Waals surface area (Å²) in [5, 5.41) is 0. The minimum Gasteiger partial charge on any atom is -0.493 e. The van der Waals surface area contributed by atoms with E-state index in [4.69, 9.17) is 14.2 Å². The molecule has 0 saturated heterocycles. The highest BCUT2D eigenvalue weighted by Gasteiger charge is 2.22. The lowest BCUT2D eigenvalue weighted by molar-refractivity contribution is 0.0942. The van der Waals surface area contributed by atoms with Gasteiger partial charge in [0.25, 0.3) is 0 Å². The topological polar surface area (TPSA) is 48.0 Å². The molecule has 132 valence electrons. The first-order valence-electron chi connectivity index (χ1n) is 8.40. The summed E-state index contributed by atoms with van der Waals surface area (Å²) in [6.07, 6.45) is 1.51. The van der Waals surface area contributed by atoms with Crippen LogP contribution >= 0.6 is 0 Å². The third-order valence-corrected chi connectivity index (χ3v) is 4.40. The predicted octanol–water partition coefficient (Wildman–Crippen LogP) is 3.79. The van der Waals surface area contributed by atoms with Crippen LogP contribution in [0.5, 0.6) is 11.5 Å². The summed E-state index contributed by atoms with van der Waals surface area (Å²) < 4.78 is 16.2. The van der Waals surface area contributed by atoms with Crippen LogP contribution in [0.25, 0.3) is 0 Å². The Morgan fingerprint density at radius 1 is 1.04 bits per heavy atom. The maximum Gasteiger partial charge on any atom is 0.410 e. The first-order valence-corrected chi connectivity index (χ1v) is 8.40. The Balaban J connectivity index is 1.71. The van der Waals surface area contributed by atoms with E-state index in [2.05, 4.69) is 0 Å². The standard InChI is InChI=1S/C20H23NO4/c1-23-18-11-16-9-6-10-21(13-17(16)12-19(18)24-2)20(22)25-14-15-7-4-3-5-8-15/h3-5,7-8,11-12H,6,9-10,13-14H2,1-2H3. The molecule has 1 aliphatic heterocycles. The summed E-state index contributed by atoms with van der Waals surface area (Å²) in [6, 6.07) is 13.7. The molecule has 0 spiro atoms. The van der Waals surface area contributed by atoms with Gasteiger partial charge in [-0.05, 0) is 41.7 Å². The first-order chi connectivity index (χ1) is 12.2. The van der Waals surface area contributed by atoms with Gasteiger partial charge in [0.1, 0.15) is 6.61 Å². The fourth-order valence-corrected chi connectivity index (χ4v) is 3.05. The van der Waals surface area contributed by atoms with Gasteiger partial charge in [0, 0.05) is 13.1 Å². The number of carbonyl (C=O) groups is 1. The molecule has 2 aromatic carbocycles. The lowest BCUT2D eigenvalue weighted by Crippen LogP contribution is -2.31. The van der Waals surface area contributed by atoms with Crippen LogP contribution in [0.4, 0.5) is 4.79 Å². The van der Waals surface area contributed by atoms with Crippen molar-refractivity contribution in [3.05, 3.63) is 59.2 Å². The quantitative estimate of drug-likeness (QED) is 0.849. The number of amides is 1. The molecule has 2 aromatic rings. The Hall–Kier alpha value is -2.69. The van der Waals surface area contributed by atoms with Crippen LogP contribution in [0, 0.1) is 0 Å². The zero-order chi connectivity index (χ0) is 17.6. The summed E-state index contributed by atoms with van der Waals surface area (Å²) in [5.41, 5.74) is 3.25. The molecule has 5 heteroatoms. The van der Waals surface area contributed by atoms with Gasteiger partial charge in [0.15, 0.2) is 11.5 Å². The highest BCUT2D eigenvalue weighted by molar-refractivity contribution is 5.68. The molecule has 0 fully saturated rings. The lowest BCUT2D eigenvalue weighted by Gasteiger charge is -2.21. The zero-order valence-electron chi connectivity index (χ0n) is 14.7. The van der Waals surface area contributed by atoms with Gasteiger partial charge in [-0.3, -0.25) is 0 Å². The van der Waals surface area contributed by atoms with Gasteiger partial charge in [-0.15, -0.1) is 0 Å². The molecule has 0 aliphatic carbocycles. The highest BCUT2D eigenvalue weighted by atomic mass is 16.6. The maximum atomic E-state index is 12.5. The molecule has 1 aliphatic rings. The van der Waals surface area contributed by atoms with Crippen molar-refractivity contribution >= 4 is 6.09 Å². The molecule has 0 bridgehead atoms. The number of aryl methyl sites for hydroxylation is 1. The van der Waals surface area contributed by atoms with E-state index < -0.39 is 0 Å². The van der Waals surface area contributed by atoms with Gasteiger partial charge in [-0.25, -0.2) is 4.79 Å². The Morgan fingerprint density at radius 2 is 1.72 bits per heavy atom. The summed E-state index contributed by atoms with van der Waals surface area (Å²) in [6.45, 7) is 1.48. The van der Waals surface area contributed by atoms with Gasteiger partial charge in [-0.1, -0.05) is 30.3 Å². The van der Waals surface area contributed by atoms with Crippen molar-refractivity contribution in [3.8, 4) is 11.5 Å². The van der Waals surface area contributed by atoms with E-state index in [1.54, 1.807) is 19.1 Å². The fraction of sp³-hybridized carbons (Fsp3) is 0.350. The molecule has 0 unspecified atom stereocenters. The molecule has 0 N–H and O–H groups in total. The molecule has 3 rings (SSSR count). The van der Waals surface area contributed by atoms with Crippen LogP contribution in [0.1, 0.15) is 23.1 Å². The Labute approximate surface area is 148 Å². The number of hydrogen-bond acceptors (Lipinski definition) is 4. The van der Waals surface area contributed by atoms with E-state index in [1.807, 2.05) is 42.5 Å². The van der Waals surface area contributed by atoms with Gasteiger partial charge < -0.3 is 19.1 Å². The van der Waals surface area contributed by atoms with E-state index in [-0.39, 0.29) is 12.7 Å². The molecule has 0 radical (unpaired) electrons. The van der Waals surface area contributed by atoms with Crippen molar-refractivity contribution < 1.29 is 19.0 Å². The van der Waals surface area contributed by atoms with Crippen LogP contribution in [-0.2, 0) is 24.3 Å². The van der Waals surface area contributed by atoms with Crippen molar-refractivity contribution in [2.75, 3.05) is 20.8 Å². The number of rotatable bonds is 4. The second kappa shape index (κ2) is 7.92. The average Bonchev–Trinajstić information content (AvgIpc) is 2.87. The molecule has 0 atom stereocenters. The number of carbonyl (C=O) groups excluding carboxylic acids is 1. The van der Waals surface area contributed by atoms with Crippen molar-refractivity contribution in [1.82, 2.24) is 4.90 Å². The molecule has 1 amide bonds. The largest absolute Gasteiger partial charge is 0.493 e. The first kappa shape index (κ1) is 17.1. The average molecular weight is 341 g/mol. The summed E-state index contributed by atoms with van der Waals surface area (Å²) >= 11 is 0. The smallest absolute Gasteiger partial charge is 0.410 e. The van der Waals surface area contributed by atoms with Gasteiger partial charge >= 0.3 is 6.09 Å². The number of hydrogen-bond donors (Lipinski definition) is 0. The molecule has 1 heterocycles. The van der Waals surface area contributed by atoms with E-state index in [1.165, 1.54) is 5.56 Å². The second-order valence-electron chi connectivity index (χ2n) is 6.04. The van der Waals surface area contributed by atoms with E-state index in [9.17, 15) is 4.79 Å². The number of ether oxygens (including phenoxy) is 3. The minimum absolute atomic E-state index is 0.286. The van der Waals surface area contributed by atoms with Crippen molar-refractivity contribution in [1.29, 1.82) is 0 Å². The van der Waals surface area contributed by atoms with Crippen LogP contribution in [0.2, 0.25) is 0 Å². The molecular weight excluding hydrogens is 318 g/mol. The van der Waals surface area contributed by atoms with Crippen molar-refractivity contribution in [2.24, 2.45) is 0 Å². The third-order valence-electron chi connectivity index (χ3n) is 4.40. The Kier molecular flexibility index (Phi) is 5.43. The number of fused-ring (bicyclic) bond motifs is 1. The SMILES string of the molecule is COc1cc2c(cc1OC)CN(C(=O)OCc1ccccc1)CCC2. The molecule has 25 heavy (non-hydrogen) atoms. The van der Waals surface area contributed by atoms with Crippen LogP contribution in [0.15, 0.2) is 42.5 Å². The van der Waals surface area contributed by atoms with Crippen molar-refractivity contribution in [2.45, 2.75) is 26.0 Å². The van der Waals surface area contributed by atoms with E-state index >= 15 is 0 Å². The van der Waals surface area contributed by atoms with Gasteiger partial charge in [0.05, 0.1) is 14.2 Å². The van der Waals surface area contributed by atoms with Crippen LogP contribution < -0.4 is 9.47 Å². The second-order valence-corrected chi connectivity index (χ2v) is 6.04. The maximum absolute atomic E-state index is 12.5. The van der Waals surface area contributed by atoms with Crippen LogP contribution in [0.3, 0.4) is 0 Å². The van der Waals surface area contributed by atoms with Gasteiger partial charge in [-0.2, -0.15) is 0 Å². The number of methoxy groups -OCH3 is 2. The van der Waals surface area contributed by atoms with E-state index in [0.717, 1.165) is 29.7 Å². The predicted molar refractivity (Wildman–Crippen MR) is 94.9 cm³/mol. The number of benzene rings is 2. The monoisotopic (exact) mass is 341 g/mol. The van der Waals surface area contributed by atoms with Crippen molar-refractivity contribution in [3.63, 3.8) is 0 Å². The summed E-state index contributed by atoms with van der Waals surface area (Å²) in [4.78, 5) is 14.2. The molecule has 5 nitrogen and oxygen atoms in total. The number of nitrogens with zero attached hydrogens (tertiary/aromatic N) is 1.